The van der Waals surface area contributed by atoms with Gasteiger partial charge in [0.25, 0.3) is 11.8 Å². The number of guanidine groups is 1. The highest BCUT2D eigenvalue weighted by Crippen LogP contribution is 2.35. The maximum Gasteiger partial charge on any atom is 0.261 e. The number of benzene rings is 2. The SMILES string of the molecule is CN1C(=O)C(C)(c2cccc(-c3cc(I)ccc3CNC(=O)c3cncnc3)c2)N=C1N. The molecule has 4 rings (SSSR count). The number of amides is 2. The quantitative estimate of drug-likeness (QED) is 0.484. The molecule has 2 aromatic carbocycles. The summed E-state index contributed by atoms with van der Waals surface area (Å²) >= 11 is 2.26. The van der Waals surface area contributed by atoms with Crippen molar-refractivity contribution in [2.24, 2.45) is 10.7 Å². The number of nitrogens with zero attached hydrogens (tertiary/aromatic N) is 4. The highest BCUT2D eigenvalue weighted by Gasteiger charge is 2.43. The minimum Gasteiger partial charge on any atom is -0.369 e. The molecule has 1 atom stereocenters. The van der Waals surface area contributed by atoms with E-state index in [1.807, 2.05) is 36.4 Å². The second kappa shape index (κ2) is 8.65. The zero-order chi connectivity index (χ0) is 22.9. The van der Waals surface area contributed by atoms with Gasteiger partial charge in [0.1, 0.15) is 6.33 Å². The molecule has 0 aliphatic carbocycles. The number of hydrogen-bond acceptors (Lipinski definition) is 6. The molecule has 2 heterocycles. The van der Waals surface area contributed by atoms with Gasteiger partial charge >= 0.3 is 0 Å². The Bertz CT molecular complexity index is 1230. The Balaban J connectivity index is 1.66. The van der Waals surface area contributed by atoms with Gasteiger partial charge in [-0.25, -0.2) is 15.0 Å². The third-order valence-electron chi connectivity index (χ3n) is 5.47. The summed E-state index contributed by atoms with van der Waals surface area (Å²) < 4.78 is 1.06. The van der Waals surface area contributed by atoms with Crippen molar-refractivity contribution >= 4 is 40.4 Å². The molecule has 9 heteroatoms. The second-order valence-corrected chi connectivity index (χ2v) is 8.84. The molecule has 32 heavy (non-hydrogen) atoms. The molecule has 0 saturated heterocycles. The second-order valence-electron chi connectivity index (χ2n) is 7.60. The summed E-state index contributed by atoms with van der Waals surface area (Å²) in [5, 5.41) is 2.92. The molecule has 2 amide bonds. The van der Waals surface area contributed by atoms with Gasteiger partial charge < -0.3 is 11.1 Å². The summed E-state index contributed by atoms with van der Waals surface area (Å²) in [7, 11) is 1.62. The Labute approximate surface area is 199 Å². The first-order valence-electron chi connectivity index (χ1n) is 9.85. The fourth-order valence-corrected chi connectivity index (χ4v) is 4.12. The number of carbonyl (C=O) groups is 2. The molecule has 1 unspecified atom stereocenters. The fraction of sp³-hybridized carbons (Fsp3) is 0.174. The number of carbonyl (C=O) groups excluding carboxylic acids is 2. The van der Waals surface area contributed by atoms with Crippen LogP contribution >= 0.6 is 22.6 Å². The molecular formula is C23H21IN6O2. The Morgan fingerprint density at radius 3 is 2.62 bits per heavy atom. The zero-order valence-corrected chi connectivity index (χ0v) is 19.7. The van der Waals surface area contributed by atoms with Gasteiger partial charge in [0, 0.05) is 29.6 Å². The van der Waals surface area contributed by atoms with Crippen LogP contribution in [-0.4, -0.2) is 39.7 Å². The lowest BCUT2D eigenvalue weighted by Gasteiger charge is -2.21. The molecule has 3 aromatic rings. The number of aromatic nitrogens is 2. The highest BCUT2D eigenvalue weighted by atomic mass is 127. The van der Waals surface area contributed by atoms with E-state index in [1.165, 1.54) is 23.6 Å². The van der Waals surface area contributed by atoms with E-state index in [0.29, 0.717) is 12.1 Å². The average Bonchev–Trinajstić information content (AvgIpc) is 3.02. The number of halogens is 1. The molecule has 1 aromatic heterocycles. The van der Waals surface area contributed by atoms with E-state index >= 15 is 0 Å². The van der Waals surface area contributed by atoms with E-state index in [4.69, 9.17) is 5.73 Å². The van der Waals surface area contributed by atoms with Crippen molar-refractivity contribution < 1.29 is 9.59 Å². The number of rotatable bonds is 5. The minimum absolute atomic E-state index is 0.174. The van der Waals surface area contributed by atoms with Crippen LogP contribution in [-0.2, 0) is 16.9 Å². The lowest BCUT2D eigenvalue weighted by atomic mass is 9.89. The van der Waals surface area contributed by atoms with E-state index in [0.717, 1.165) is 25.8 Å². The largest absolute Gasteiger partial charge is 0.369 e. The molecular weight excluding hydrogens is 519 g/mol. The van der Waals surface area contributed by atoms with Crippen LogP contribution in [0.5, 0.6) is 0 Å². The fourth-order valence-electron chi connectivity index (χ4n) is 3.63. The molecule has 0 saturated carbocycles. The summed E-state index contributed by atoms with van der Waals surface area (Å²) in [6.45, 7) is 2.09. The van der Waals surface area contributed by atoms with Crippen molar-refractivity contribution in [2.75, 3.05) is 7.05 Å². The van der Waals surface area contributed by atoms with Crippen LogP contribution in [0.1, 0.15) is 28.4 Å². The van der Waals surface area contributed by atoms with Crippen molar-refractivity contribution in [2.45, 2.75) is 19.0 Å². The van der Waals surface area contributed by atoms with Crippen molar-refractivity contribution in [3.63, 3.8) is 0 Å². The van der Waals surface area contributed by atoms with Gasteiger partial charge in [0.15, 0.2) is 11.5 Å². The van der Waals surface area contributed by atoms with E-state index in [1.54, 1.807) is 14.0 Å². The molecule has 1 aliphatic rings. The van der Waals surface area contributed by atoms with E-state index in [9.17, 15) is 9.59 Å². The lowest BCUT2D eigenvalue weighted by Crippen LogP contribution is -2.38. The van der Waals surface area contributed by atoms with Crippen LogP contribution < -0.4 is 11.1 Å². The Kier molecular flexibility index (Phi) is 5.92. The van der Waals surface area contributed by atoms with Crippen molar-refractivity contribution in [1.82, 2.24) is 20.2 Å². The van der Waals surface area contributed by atoms with Gasteiger partial charge in [-0.05, 0) is 70.0 Å². The topological polar surface area (TPSA) is 114 Å². The molecule has 162 valence electrons. The maximum absolute atomic E-state index is 12.8. The predicted molar refractivity (Wildman–Crippen MR) is 130 cm³/mol. The van der Waals surface area contributed by atoms with E-state index in [-0.39, 0.29) is 17.8 Å². The molecule has 0 spiro atoms. The van der Waals surface area contributed by atoms with Crippen LogP contribution in [0, 0.1) is 3.57 Å². The third-order valence-corrected chi connectivity index (χ3v) is 6.14. The first-order valence-corrected chi connectivity index (χ1v) is 10.9. The summed E-state index contributed by atoms with van der Waals surface area (Å²) in [5.74, 6) is -0.224. The molecule has 0 radical (unpaired) electrons. The van der Waals surface area contributed by atoms with Crippen molar-refractivity contribution in [3.8, 4) is 11.1 Å². The van der Waals surface area contributed by atoms with Gasteiger partial charge in [0.2, 0.25) is 0 Å². The minimum atomic E-state index is -1.07. The number of hydrogen-bond donors (Lipinski definition) is 2. The van der Waals surface area contributed by atoms with Crippen molar-refractivity contribution in [3.05, 3.63) is 81.4 Å². The van der Waals surface area contributed by atoms with E-state index < -0.39 is 5.54 Å². The first kappa shape index (κ1) is 21.9. The van der Waals surface area contributed by atoms with E-state index in [2.05, 4.69) is 48.9 Å². The number of nitrogens with one attached hydrogen (secondary N) is 1. The average molecular weight is 540 g/mol. The standard InChI is InChI=1S/C23H21IN6O2/c1-23(21(32)30(2)22(25)29-23)17-5-3-4-14(8-17)19-9-18(24)7-6-15(19)12-28-20(31)16-10-26-13-27-11-16/h3-11,13H,12H2,1-2H3,(H2,25,29)(H,28,31). The van der Waals surface area contributed by atoms with Gasteiger partial charge in [-0.15, -0.1) is 0 Å². The van der Waals surface area contributed by atoms with Crippen LogP contribution in [0.25, 0.3) is 11.1 Å². The van der Waals surface area contributed by atoms with Gasteiger partial charge in [0.05, 0.1) is 5.56 Å². The summed E-state index contributed by atoms with van der Waals surface area (Å²) in [6, 6.07) is 13.7. The van der Waals surface area contributed by atoms with Crippen LogP contribution in [0.4, 0.5) is 0 Å². The number of nitrogens with two attached hydrogens (primary N) is 1. The maximum atomic E-state index is 12.8. The molecule has 0 bridgehead atoms. The first-order chi connectivity index (χ1) is 15.3. The summed E-state index contributed by atoms with van der Waals surface area (Å²) in [5.41, 5.74) is 8.80. The van der Waals surface area contributed by atoms with Gasteiger partial charge in [-0.3, -0.25) is 14.5 Å². The van der Waals surface area contributed by atoms with Gasteiger partial charge in [-0.2, -0.15) is 0 Å². The van der Waals surface area contributed by atoms with Gasteiger partial charge in [-0.1, -0.05) is 24.3 Å². The van der Waals surface area contributed by atoms with Crippen molar-refractivity contribution in [1.29, 1.82) is 0 Å². The molecule has 0 fully saturated rings. The monoisotopic (exact) mass is 540 g/mol. The highest BCUT2D eigenvalue weighted by molar-refractivity contribution is 14.1. The summed E-state index contributed by atoms with van der Waals surface area (Å²) in [4.78, 5) is 38.8. The normalized spacial score (nSPS) is 17.9. The molecule has 1 aliphatic heterocycles. The lowest BCUT2D eigenvalue weighted by molar-refractivity contribution is -0.130. The Hall–Kier alpha value is -3.34. The molecule has 8 nitrogen and oxygen atoms in total. The summed E-state index contributed by atoms with van der Waals surface area (Å²) in [6.07, 6.45) is 4.33. The van der Waals surface area contributed by atoms with Crippen LogP contribution in [0.15, 0.2) is 66.2 Å². The van der Waals surface area contributed by atoms with Crippen LogP contribution in [0.3, 0.4) is 0 Å². The van der Waals surface area contributed by atoms with Crippen LogP contribution in [0.2, 0.25) is 0 Å². The zero-order valence-electron chi connectivity index (χ0n) is 17.5. The third kappa shape index (κ3) is 4.07. The number of aliphatic imine (C=N–C) groups is 1. The Morgan fingerprint density at radius 1 is 1.19 bits per heavy atom. The Morgan fingerprint density at radius 2 is 1.94 bits per heavy atom. The predicted octanol–water partition coefficient (Wildman–Crippen LogP) is 2.68. The number of likely N-dealkylation sites (N-methyl/N-ethyl adjacent to an activating group) is 1. The molecule has 3 N–H and O–H groups in total. The smallest absolute Gasteiger partial charge is 0.261 e.